The summed E-state index contributed by atoms with van der Waals surface area (Å²) < 4.78 is 7.47. The van der Waals surface area contributed by atoms with Crippen LogP contribution in [0.1, 0.15) is 44.7 Å². The number of amidine groups is 1. The zero-order chi connectivity index (χ0) is 25.2. The van der Waals surface area contributed by atoms with Crippen molar-refractivity contribution >= 4 is 28.9 Å². The van der Waals surface area contributed by atoms with Crippen LogP contribution in [0, 0.1) is 5.41 Å². The normalized spacial score (nSPS) is 16.2. The summed E-state index contributed by atoms with van der Waals surface area (Å²) in [6, 6.07) is 8.81. The minimum atomic E-state index is -1.03. The molecule has 2 N–H and O–H groups in total. The maximum Gasteiger partial charge on any atom is 0.416 e. The molecule has 0 saturated carbocycles. The van der Waals surface area contributed by atoms with E-state index in [2.05, 4.69) is 10.1 Å². The van der Waals surface area contributed by atoms with Gasteiger partial charge in [-0.05, 0) is 45.2 Å². The number of carbonyl (C=O) groups excluding carboxylic acids is 1. The number of nitrogens with zero attached hydrogens (tertiary/aromatic N) is 5. The van der Waals surface area contributed by atoms with Crippen LogP contribution in [0.15, 0.2) is 48.9 Å². The first-order valence-corrected chi connectivity index (χ1v) is 11.6. The van der Waals surface area contributed by atoms with Crippen molar-refractivity contribution < 1.29 is 19.4 Å². The van der Waals surface area contributed by atoms with Crippen LogP contribution < -0.4 is 0 Å². The van der Waals surface area contributed by atoms with Crippen molar-refractivity contribution in [2.45, 2.75) is 51.8 Å². The van der Waals surface area contributed by atoms with Crippen molar-refractivity contribution in [3.63, 3.8) is 0 Å². The quantitative estimate of drug-likeness (QED) is 0.428. The lowest BCUT2D eigenvalue weighted by molar-refractivity contribution is 0.0242. The average Bonchev–Trinajstić information content (AvgIpc) is 3.21. The first-order chi connectivity index (χ1) is 16.6. The van der Waals surface area contributed by atoms with E-state index in [1.54, 1.807) is 51.5 Å². The number of hydrogen-bond donors (Lipinski definition) is 2. The van der Waals surface area contributed by atoms with E-state index in [0.717, 1.165) is 16.5 Å². The molecule has 3 heterocycles. The van der Waals surface area contributed by atoms with E-state index in [4.69, 9.17) is 10.1 Å². The topological polar surface area (TPSA) is 125 Å². The first-order valence-electron chi connectivity index (χ1n) is 11.6. The molecule has 0 radical (unpaired) electrons. The fourth-order valence-electron chi connectivity index (χ4n) is 4.21. The fraction of sp³-hybridized carbons (Fsp3) is 0.400. The Morgan fingerprint density at radius 2 is 1.94 bits per heavy atom. The second-order valence-electron chi connectivity index (χ2n) is 9.66. The summed E-state index contributed by atoms with van der Waals surface area (Å²) in [6.45, 7) is 6.39. The number of carbonyl (C=O) groups is 2. The van der Waals surface area contributed by atoms with Gasteiger partial charge in [-0.1, -0.05) is 24.3 Å². The van der Waals surface area contributed by atoms with Gasteiger partial charge >= 0.3 is 12.2 Å². The van der Waals surface area contributed by atoms with Gasteiger partial charge in [0.2, 0.25) is 0 Å². The lowest BCUT2D eigenvalue weighted by Crippen LogP contribution is -2.54. The van der Waals surface area contributed by atoms with E-state index >= 15 is 0 Å². The number of benzene rings is 1. The highest BCUT2D eigenvalue weighted by Gasteiger charge is 2.36. The van der Waals surface area contributed by atoms with Crippen LogP contribution in [0.5, 0.6) is 0 Å². The third-order valence-electron chi connectivity index (χ3n) is 5.87. The summed E-state index contributed by atoms with van der Waals surface area (Å²) >= 11 is 0. The highest BCUT2D eigenvalue weighted by atomic mass is 16.6. The molecule has 1 saturated heterocycles. The number of hydrogen-bond acceptors (Lipinski definition) is 6. The molecule has 1 fully saturated rings. The number of carboxylic acid groups (broad SMARTS) is 1. The van der Waals surface area contributed by atoms with E-state index in [0.29, 0.717) is 31.5 Å². The van der Waals surface area contributed by atoms with Crippen molar-refractivity contribution in [1.29, 1.82) is 5.41 Å². The minimum absolute atomic E-state index is 0.0151. The Morgan fingerprint density at radius 3 is 2.63 bits per heavy atom. The second-order valence-corrected chi connectivity index (χ2v) is 9.66. The van der Waals surface area contributed by atoms with Gasteiger partial charge in [0.25, 0.3) is 0 Å². The second kappa shape index (κ2) is 9.73. The van der Waals surface area contributed by atoms with Crippen LogP contribution in [-0.2, 0) is 11.3 Å². The number of piperidine rings is 1. The summed E-state index contributed by atoms with van der Waals surface area (Å²) in [5, 5.41) is 23.7. The number of fused-ring (bicyclic) bond motifs is 1. The Kier molecular flexibility index (Phi) is 6.72. The summed E-state index contributed by atoms with van der Waals surface area (Å²) in [7, 11) is 0. The molecule has 1 aromatic carbocycles. The van der Waals surface area contributed by atoms with Crippen LogP contribution in [0.3, 0.4) is 0 Å². The summed E-state index contributed by atoms with van der Waals surface area (Å²) in [4.78, 5) is 31.4. The van der Waals surface area contributed by atoms with Gasteiger partial charge in [0.1, 0.15) is 11.4 Å². The Morgan fingerprint density at radius 1 is 1.20 bits per heavy atom. The lowest BCUT2D eigenvalue weighted by atomic mass is 10.0. The molecule has 3 aromatic rings. The maximum atomic E-state index is 13.1. The molecule has 2 amide bonds. The molecule has 10 nitrogen and oxygen atoms in total. The molecule has 10 heteroatoms. The monoisotopic (exact) mass is 478 g/mol. The van der Waals surface area contributed by atoms with Gasteiger partial charge in [0.05, 0.1) is 24.3 Å². The van der Waals surface area contributed by atoms with Crippen molar-refractivity contribution in [1.82, 2.24) is 24.6 Å². The predicted octanol–water partition coefficient (Wildman–Crippen LogP) is 4.18. The van der Waals surface area contributed by atoms with Gasteiger partial charge < -0.3 is 14.7 Å². The highest BCUT2D eigenvalue weighted by Crippen LogP contribution is 2.22. The number of rotatable bonds is 4. The third kappa shape index (κ3) is 5.59. The van der Waals surface area contributed by atoms with E-state index in [9.17, 15) is 14.7 Å². The third-order valence-corrected chi connectivity index (χ3v) is 5.87. The largest absolute Gasteiger partial charge is 0.465 e. The molecule has 35 heavy (non-hydrogen) atoms. The van der Waals surface area contributed by atoms with E-state index < -0.39 is 23.8 Å². The first kappa shape index (κ1) is 24.2. The molecule has 0 spiro atoms. The molecule has 0 aliphatic carbocycles. The number of likely N-dealkylation sites (tertiary alicyclic amines) is 1. The molecular formula is C25H30N6O4. The Hall–Kier alpha value is -3.95. The SMILES string of the molecule is CC(C)(C)OC(=O)N(C(=N)c1ccc(Cn2ncc3cnccc32)cc1)[C@@H]1CCCN(C(=O)O)C1. The molecule has 1 atom stereocenters. The summed E-state index contributed by atoms with van der Waals surface area (Å²) in [5.41, 5.74) is 1.76. The van der Waals surface area contributed by atoms with E-state index in [-0.39, 0.29) is 12.4 Å². The highest BCUT2D eigenvalue weighted by molar-refractivity contribution is 6.05. The smallest absolute Gasteiger partial charge is 0.416 e. The number of ether oxygens (including phenoxy) is 1. The standard InChI is InChI=1S/C25H30N6O4/c1-25(2,3)35-24(34)31(20-5-4-12-29(16-20)23(32)33)22(26)18-8-6-17(7-9-18)15-30-21-10-11-27-13-19(21)14-28-30/h6-11,13-14,20,26H,4-5,12,15-16H2,1-3H3,(H,32,33)/t20-/m1/s1. The van der Waals surface area contributed by atoms with Gasteiger partial charge in [-0.15, -0.1) is 0 Å². The lowest BCUT2D eigenvalue weighted by Gasteiger charge is -2.38. The van der Waals surface area contributed by atoms with Crippen LogP contribution in [0.2, 0.25) is 0 Å². The zero-order valence-corrected chi connectivity index (χ0v) is 20.1. The Balaban J connectivity index is 1.56. The molecular weight excluding hydrogens is 448 g/mol. The summed E-state index contributed by atoms with van der Waals surface area (Å²) in [5.74, 6) is -0.0151. The molecule has 1 aliphatic heterocycles. The number of amides is 2. The van der Waals surface area contributed by atoms with Gasteiger partial charge in [0, 0.05) is 36.4 Å². The minimum Gasteiger partial charge on any atom is -0.465 e. The van der Waals surface area contributed by atoms with E-state index in [1.807, 2.05) is 22.9 Å². The van der Waals surface area contributed by atoms with Crippen molar-refractivity contribution in [3.05, 3.63) is 60.0 Å². The van der Waals surface area contributed by atoms with Gasteiger partial charge in [-0.3, -0.25) is 20.0 Å². The van der Waals surface area contributed by atoms with Crippen LogP contribution in [-0.4, -0.2) is 72.4 Å². The van der Waals surface area contributed by atoms with Gasteiger partial charge in [0.15, 0.2) is 0 Å². The Labute approximate surface area is 203 Å². The summed E-state index contributed by atoms with van der Waals surface area (Å²) in [6.07, 6.45) is 4.78. The molecule has 1 aliphatic rings. The molecule has 4 rings (SSSR count). The van der Waals surface area contributed by atoms with Crippen LogP contribution in [0.25, 0.3) is 10.9 Å². The van der Waals surface area contributed by atoms with Crippen LogP contribution >= 0.6 is 0 Å². The van der Waals surface area contributed by atoms with Gasteiger partial charge in [-0.2, -0.15) is 5.10 Å². The number of aromatic nitrogens is 3. The fourth-order valence-corrected chi connectivity index (χ4v) is 4.21. The van der Waals surface area contributed by atoms with Gasteiger partial charge in [-0.25, -0.2) is 9.59 Å². The Bertz CT molecular complexity index is 1230. The van der Waals surface area contributed by atoms with Crippen molar-refractivity contribution in [2.75, 3.05) is 13.1 Å². The van der Waals surface area contributed by atoms with Crippen molar-refractivity contribution in [3.8, 4) is 0 Å². The predicted molar refractivity (Wildman–Crippen MR) is 131 cm³/mol. The zero-order valence-electron chi connectivity index (χ0n) is 20.1. The molecule has 0 bridgehead atoms. The molecule has 0 unspecified atom stereocenters. The maximum absolute atomic E-state index is 13.1. The number of nitrogens with one attached hydrogen (secondary N) is 1. The average molecular weight is 479 g/mol. The van der Waals surface area contributed by atoms with Crippen LogP contribution in [0.4, 0.5) is 9.59 Å². The molecule has 184 valence electrons. The number of pyridine rings is 1. The van der Waals surface area contributed by atoms with E-state index in [1.165, 1.54) is 9.80 Å². The molecule has 2 aromatic heterocycles. The van der Waals surface area contributed by atoms with Crippen molar-refractivity contribution in [2.24, 2.45) is 0 Å².